The fourth-order valence-corrected chi connectivity index (χ4v) is 5.15. The second-order valence-electron chi connectivity index (χ2n) is 8.32. The number of carbonyl (C=O) groups excluding carboxylic acids is 1. The van der Waals surface area contributed by atoms with E-state index in [4.69, 9.17) is 28.9 Å². The van der Waals surface area contributed by atoms with E-state index in [0.717, 1.165) is 12.1 Å². The zero-order valence-corrected chi connectivity index (χ0v) is 19.8. The average Bonchev–Trinajstić information content (AvgIpc) is 3.11. The highest BCUT2D eigenvalue weighted by Gasteiger charge is 2.31. The Bertz CT molecular complexity index is 1650. The van der Waals surface area contributed by atoms with E-state index in [-0.39, 0.29) is 17.7 Å². The van der Waals surface area contributed by atoms with Gasteiger partial charge < -0.3 is 10.3 Å². The lowest BCUT2D eigenvalue weighted by Crippen LogP contribution is -2.11. The van der Waals surface area contributed by atoms with Crippen molar-refractivity contribution in [3.63, 3.8) is 0 Å². The van der Waals surface area contributed by atoms with E-state index in [1.165, 1.54) is 0 Å². The molecule has 5 rings (SSSR count). The molecule has 0 fully saturated rings. The third kappa shape index (κ3) is 4.18. The summed E-state index contributed by atoms with van der Waals surface area (Å²) in [4.78, 5) is 12.2. The van der Waals surface area contributed by atoms with Crippen molar-refractivity contribution in [2.75, 3.05) is 0 Å². The van der Waals surface area contributed by atoms with E-state index < -0.39 is 23.5 Å². The number of alkyl halides is 3. The fraction of sp³-hybridized carbons (Fsp3) is 0.0741. The van der Waals surface area contributed by atoms with Gasteiger partial charge >= 0.3 is 6.18 Å². The van der Waals surface area contributed by atoms with Crippen LogP contribution in [0.1, 0.15) is 21.5 Å². The van der Waals surface area contributed by atoms with Gasteiger partial charge in [-0.2, -0.15) is 13.2 Å². The highest BCUT2D eigenvalue weighted by molar-refractivity contribution is 6.39. The first-order chi connectivity index (χ1) is 17.0. The van der Waals surface area contributed by atoms with Gasteiger partial charge in [-0.1, -0.05) is 47.5 Å². The zero-order chi connectivity index (χ0) is 25.8. The Labute approximate surface area is 212 Å². The van der Waals surface area contributed by atoms with Gasteiger partial charge in [-0.15, -0.1) is 0 Å². The van der Waals surface area contributed by atoms with Gasteiger partial charge in [-0.25, -0.2) is 4.39 Å². The molecule has 0 spiro atoms. The molecule has 0 aliphatic carbocycles. The standard InChI is InChI=1S/C27H16Cl2F4N2O/c28-20-4-2-5-21(29)24(20)15-7-8-18-23(11-15)35(22-6-1-3-19(25(18)22)26(34)36)13-14-9-16(27(31,32)33)12-17(30)10-14/h1-12H,13H2,(H2,34,36). The monoisotopic (exact) mass is 530 g/mol. The molecule has 1 amide bonds. The maximum absolute atomic E-state index is 14.2. The molecule has 0 saturated heterocycles. The number of primary amides is 1. The van der Waals surface area contributed by atoms with Gasteiger partial charge in [0.2, 0.25) is 5.91 Å². The summed E-state index contributed by atoms with van der Waals surface area (Å²) in [6.45, 7) is -0.0945. The van der Waals surface area contributed by atoms with E-state index in [9.17, 15) is 22.4 Å². The molecule has 0 radical (unpaired) electrons. The van der Waals surface area contributed by atoms with Gasteiger partial charge in [-0.05, 0) is 59.7 Å². The first-order valence-corrected chi connectivity index (χ1v) is 11.5. The molecule has 182 valence electrons. The summed E-state index contributed by atoms with van der Waals surface area (Å²) < 4.78 is 55.9. The van der Waals surface area contributed by atoms with E-state index >= 15 is 0 Å². The van der Waals surface area contributed by atoms with Crippen LogP contribution in [0.5, 0.6) is 0 Å². The van der Waals surface area contributed by atoms with Crippen LogP contribution in [0.25, 0.3) is 32.9 Å². The molecule has 0 atom stereocenters. The van der Waals surface area contributed by atoms with Crippen LogP contribution in [0.4, 0.5) is 17.6 Å². The van der Waals surface area contributed by atoms with E-state index in [0.29, 0.717) is 49.0 Å². The Morgan fingerprint density at radius 2 is 1.58 bits per heavy atom. The summed E-state index contributed by atoms with van der Waals surface area (Å²) in [5, 5.41) is 2.03. The van der Waals surface area contributed by atoms with Crippen LogP contribution in [0.3, 0.4) is 0 Å². The van der Waals surface area contributed by atoms with Crippen molar-refractivity contribution in [3.8, 4) is 11.1 Å². The number of hydrogen-bond acceptors (Lipinski definition) is 1. The van der Waals surface area contributed by atoms with Crippen molar-refractivity contribution in [3.05, 3.63) is 105 Å². The smallest absolute Gasteiger partial charge is 0.366 e. The normalized spacial score (nSPS) is 11.9. The summed E-state index contributed by atoms with van der Waals surface area (Å²) in [5.74, 6) is -1.65. The summed E-state index contributed by atoms with van der Waals surface area (Å²) in [7, 11) is 0. The van der Waals surface area contributed by atoms with Crippen molar-refractivity contribution in [2.24, 2.45) is 5.73 Å². The van der Waals surface area contributed by atoms with Gasteiger partial charge in [0.05, 0.1) is 16.6 Å². The summed E-state index contributed by atoms with van der Waals surface area (Å²) >= 11 is 12.8. The van der Waals surface area contributed by atoms with E-state index in [1.54, 1.807) is 59.2 Å². The number of nitrogens with two attached hydrogens (primary N) is 1. The molecule has 0 unspecified atom stereocenters. The Morgan fingerprint density at radius 1 is 0.889 bits per heavy atom. The van der Waals surface area contributed by atoms with Crippen molar-refractivity contribution in [1.82, 2.24) is 4.57 Å². The van der Waals surface area contributed by atoms with Crippen LogP contribution in [0.2, 0.25) is 10.0 Å². The number of amides is 1. The largest absolute Gasteiger partial charge is 0.416 e. The number of halogens is 6. The van der Waals surface area contributed by atoms with Crippen LogP contribution in [-0.4, -0.2) is 10.5 Å². The summed E-state index contributed by atoms with van der Waals surface area (Å²) in [5.41, 5.74) is 7.30. The lowest BCUT2D eigenvalue weighted by atomic mass is 10.0. The molecule has 2 N–H and O–H groups in total. The second kappa shape index (κ2) is 8.84. The van der Waals surface area contributed by atoms with Gasteiger partial charge in [0.25, 0.3) is 0 Å². The maximum atomic E-state index is 14.2. The number of aromatic nitrogens is 1. The molecule has 9 heteroatoms. The first-order valence-electron chi connectivity index (χ1n) is 10.7. The van der Waals surface area contributed by atoms with Gasteiger partial charge in [0.1, 0.15) is 5.82 Å². The molecule has 5 aromatic rings. The zero-order valence-electron chi connectivity index (χ0n) is 18.3. The minimum absolute atomic E-state index is 0.0945. The molecule has 0 saturated carbocycles. The lowest BCUT2D eigenvalue weighted by Gasteiger charge is -2.13. The van der Waals surface area contributed by atoms with E-state index in [1.807, 2.05) is 0 Å². The predicted octanol–water partition coefficient (Wildman–Crippen LogP) is 8.07. The Balaban J connectivity index is 1.80. The summed E-state index contributed by atoms with van der Waals surface area (Å²) in [6.07, 6.45) is -4.70. The van der Waals surface area contributed by atoms with Crippen LogP contribution >= 0.6 is 23.2 Å². The maximum Gasteiger partial charge on any atom is 0.416 e. The van der Waals surface area contributed by atoms with Gasteiger partial charge in [0, 0.05) is 38.5 Å². The fourth-order valence-electron chi connectivity index (χ4n) is 4.54. The summed E-state index contributed by atoms with van der Waals surface area (Å²) in [6, 6.07) is 17.8. The molecular formula is C27H16Cl2F4N2O. The number of rotatable bonds is 4. The molecular weight excluding hydrogens is 515 g/mol. The second-order valence-corrected chi connectivity index (χ2v) is 9.14. The number of hydrogen-bond donors (Lipinski definition) is 1. The Kier molecular flexibility index (Phi) is 5.93. The third-order valence-corrected chi connectivity index (χ3v) is 6.66. The van der Waals surface area contributed by atoms with Crippen molar-refractivity contribution in [2.45, 2.75) is 12.7 Å². The molecule has 0 aliphatic rings. The number of benzene rings is 4. The number of carbonyl (C=O) groups is 1. The van der Waals surface area contributed by atoms with Gasteiger partial charge in [-0.3, -0.25) is 4.79 Å². The molecule has 0 bridgehead atoms. The Morgan fingerprint density at radius 3 is 2.25 bits per heavy atom. The predicted molar refractivity (Wildman–Crippen MR) is 134 cm³/mol. The number of nitrogens with zero attached hydrogens (tertiary/aromatic N) is 1. The minimum Gasteiger partial charge on any atom is -0.366 e. The van der Waals surface area contributed by atoms with Crippen LogP contribution in [0.15, 0.2) is 72.8 Å². The van der Waals surface area contributed by atoms with Crippen LogP contribution < -0.4 is 5.73 Å². The molecule has 1 heterocycles. The van der Waals surface area contributed by atoms with Crippen molar-refractivity contribution in [1.29, 1.82) is 0 Å². The molecule has 1 aromatic heterocycles. The highest BCUT2D eigenvalue weighted by atomic mass is 35.5. The SMILES string of the molecule is NC(=O)c1cccc2c1c1ccc(-c3c(Cl)cccc3Cl)cc1n2Cc1cc(F)cc(C(F)(F)F)c1. The molecule has 36 heavy (non-hydrogen) atoms. The third-order valence-electron chi connectivity index (χ3n) is 6.03. The highest BCUT2D eigenvalue weighted by Crippen LogP contribution is 2.39. The topological polar surface area (TPSA) is 48.0 Å². The lowest BCUT2D eigenvalue weighted by molar-refractivity contribution is -0.137. The molecule has 4 aromatic carbocycles. The van der Waals surface area contributed by atoms with Crippen LogP contribution in [-0.2, 0) is 12.7 Å². The minimum atomic E-state index is -4.70. The van der Waals surface area contributed by atoms with Crippen molar-refractivity contribution < 1.29 is 22.4 Å². The van der Waals surface area contributed by atoms with Crippen molar-refractivity contribution >= 4 is 50.9 Å². The first kappa shape index (κ1) is 24.2. The Hall–Kier alpha value is -3.55. The molecule has 3 nitrogen and oxygen atoms in total. The van der Waals surface area contributed by atoms with Crippen LogP contribution in [0, 0.1) is 5.82 Å². The average molecular weight is 531 g/mol. The molecule has 0 aliphatic heterocycles. The van der Waals surface area contributed by atoms with E-state index in [2.05, 4.69) is 0 Å². The van der Waals surface area contributed by atoms with Gasteiger partial charge in [0.15, 0.2) is 0 Å². The number of fused-ring (bicyclic) bond motifs is 3. The quantitative estimate of drug-likeness (QED) is 0.234.